The molecule has 3 aromatic carbocycles. The van der Waals surface area contributed by atoms with Crippen LogP contribution in [-0.2, 0) is 11.3 Å². The van der Waals surface area contributed by atoms with Gasteiger partial charge >= 0.3 is 5.97 Å². The molecule has 7 nitrogen and oxygen atoms in total. The number of amides is 2. The predicted octanol–water partition coefficient (Wildman–Crippen LogP) is 6.18. The zero-order chi connectivity index (χ0) is 24.5. The zero-order valence-electron chi connectivity index (χ0n) is 17.8. The summed E-state index contributed by atoms with van der Waals surface area (Å²) in [5.41, 5.74) is 1.51. The van der Waals surface area contributed by atoms with Gasteiger partial charge in [0.15, 0.2) is 11.5 Å². The van der Waals surface area contributed by atoms with Gasteiger partial charge in [-0.3, -0.25) is 14.5 Å². The Morgan fingerprint density at radius 2 is 1.77 bits per heavy atom. The lowest BCUT2D eigenvalue weighted by molar-refractivity contribution is -0.123. The van der Waals surface area contributed by atoms with E-state index in [1.165, 1.54) is 0 Å². The Morgan fingerprint density at radius 1 is 1.03 bits per heavy atom. The number of thioether (sulfide) groups is 1. The molecule has 1 fully saturated rings. The van der Waals surface area contributed by atoms with Crippen molar-refractivity contribution in [1.82, 2.24) is 4.90 Å². The molecule has 0 atom stereocenters. The first kappa shape index (κ1) is 23.3. The highest BCUT2D eigenvalue weighted by Crippen LogP contribution is 2.39. The Hall–Kier alpha value is -3.46. The fourth-order valence-corrected chi connectivity index (χ4v) is 4.64. The minimum Gasteiger partial charge on any atom is -0.454 e. The first-order valence-corrected chi connectivity index (χ1v) is 11.9. The fourth-order valence-electron chi connectivity index (χ4n) is 3.46. The number of halogens is 2. The Morgan fingerprint density at radius 3 is 2.54 bits per heavy atom. The molecule has 0 unspecified atom stereocenters. The van der Waals surface area contributed by atoms with E-state index in [4.69, 9.17) is 37.4 Å². The van der Waals surface area contributed by atoms with E-state index < -0.39 is 17.1 Å². The average molecular weight is 528 g/mol. The lowest BCUT2D eigenvalue weighted by Gasteiger charge is -2.14. The fraction of sp³-hybridized carbons (Fsp3) is 0.0800. The van der Waals surface area contributed by atoms with Gasteiger partial charge < -0.3 is 14.2 Å². The number of hydrogen-bond acceptors (Lipinski definition) is 7. The van der Waals surface area contributed by atoms with Crippen LogP contribution < -0.4 is 14.2 Å². The highest BCUT2D eigenvalue weighted by Gasteiger charge is 2.35. The lowest BCUT2D eigenvalue weighted by atomic mass is 10.1. The largest absolute Gasteiger partial charge is 0.454 e. The molecule has 1 saturated heterocycles. The summed E-state index contributed by atoms with van der Waals surface area (Å²) in [4.78, 5) is 39.3. The molecule has 2 amide bonds. The Labute approximate surface area is 214 Å². The summed E-state index contributed by atoms with van der Waals surface area (Å²) in [5.74, 6) is 0.336. The van der Waals surface area contributed by atoms with Crippen LogP contribution >= 0.6 is 35.0 Å². The molecule has 2 heterocycles. The van der Waals surface area contributed by atoms with E-state index in [0.717, 1.165) is 16.7 Å². The number of nitrogens with zero attached hydrogens (tertiary/aromatic N) is 1. The van der Waals surface area contributed by atoms with Gasteiger partial charge in [-0.1, -0.05) is 35.3 Å². The van der Waals surface area contributed by atoms with Crippen LogP contribution in [-0.4, -0.2) is 28.8 Å². The summed E-state index contributed by atoms with van der Waals surface area (Å²) in [7, 11) is 0. The zero-order valence-corrected chi connectivity index (χ0v) is 20.2. The maximum atomic E-state index is 13.0. The van der Waals surface area contributed by atoms with E-state index >= 15 is 0 Å². The molecule has 2 aliphatic rings. The van der Waals surface area contributed by atoms with Gasteiger partial charge in [0.05, 0.1) is 17.0 Å². The van der Waals surface area contributed by atoms with Crippen LogP contribution in [0.3, 0.4) is 0 Å². The summed E-state index contributed by atoms with van der Waals surface area (Å²) < 4.78 is 16.1. The number of carbonyl (C=O) groups excluding carboxylic acids is 3. The molecule has 35 heavy (non-hydrogen) atoms. The maximum Gasteiger partial charge on any atom is 0.343 e. The number of hydrogen-bond donors (Lipinski definition) is 0. The van der Waals surface area contributed by atoms with Crippen molar-refractivity contribution < 1.29 is 28.6 Å². The molecule has 0 spiro atoms. The van der Waals surface area contributed by atoms with Crippen molar-refractivity contribution in [2.45, 2.75) is 6.54 Å². The number of imide groups is 1. The third-order valence-corrected chi connectivity index (χ3v) is 6.70. The summed E-state index contributed by atoms with van der Waals surface area (Å²) >= 11 is 13.0. The van der Waals surface area contributed by atoms with Crippen molar-refractivity contribution >= 4 is 58.2 Å². The lowest BCUT2D eigenvalue weighted by Crippen LogP contribution is -2.27. The molecule has 0 radical (unpaired) electrons. The van der Waals surface area contributed by atoms with E-state index in [1.54, 1.807) is 66.7 Å². The normalized spacial score (nSPS) is 15.7. The van der Waals surface area contributed by atoms with Crippen LogP contribution in [0, 0.1) is 0 Å². The van der Waals surface area contributed by atoms with Gasteiger partial charge in [0.1, 0.15) is 5.75 Å². The molecule has 176 valence electrons. The van der Waals surface area contributed by atoms with Gasteiger partial charge in [-0.25, -0.2) is 4.79 Å². The molecular weight excluding hydrogens is 513 g/mol. The van der Waals surface area contributed by atoms with E-state index in [1.807, 2.05) is 0 Å². The molecule has 10 heteroatoms. The van der Waals surface area contributed by atoms with E-state index in [0.29, 0.717) is 44.0 Å². The number of benzene rings is 3. The number of carbonyl (C=O) groups is 3. The minimum atomic E-state index is -0.542. The number of fused-ring (bicyclic) bond motifs is 1. The summed E-state index contributed by atoms with van der Waals surface area (Å²) in [6.45, 7) is 0.0870. The van der Waals surface area contributed by atoms with Crippen LogP contribution in [0.2, 0.25) is 10.0 Å². The minimum absolute atomic E-state index is 0.00375. The van der Waals surface area contributed by atoms with Gasteiger partial charge in [0.2, 0.25) is 6.79 Å². The second kappa shape index (κ2) is 9.65. The molecule has 2 aliphatic heterocycles. The Bertz CT molecular complexity index is 1390. The topological polar surface area (TPSA) is 82.1 Å². The molecule has 0 aliphatic carbocycles. The van der Waals surface area contributed by atoms with Crippen molar-refractivity contribution in [2.75, 3.05) is 6.79 Å². The van der Waals surface area contributed by atoms with Gasteiger partial charge in [-0.2, -0.15) is 0 Å². The maximum absolute atomic E-state index is 13.0. The van der Waals surface area contributed by atoms with Crippen molar-refractivity contribution in [3.63, 3.8) is 0 Å². The first-order valence-electron chi connectivity index (χ1n) is 10.3. The van der Waals surface area contributed by atoms with E-state index in [9.17, 15) is 14.4 Å². The van der Waals surface area contributed by atoms with Crippen molar-refractivity contribution in [2.24, 2.45) is 0 Å². The van der Waals surface area contributed by atoms with Gasteiger partial charge in [0, 0.05) is 16.1 Å². The van der Waals surface area contributed by atoms with Crippen LogP contribution in [0.15, 0.2) is 65.6 Å². The number of esters is 1. The predicted molar refractivity (Wildman–Crippen MR) is 132 cm³/mol. The third-order valence-electron chi connectivity index (χ3n) is 5.19. The van der Waals surface area contributed by atoms with Gasteiger partial charge in [-0.05, 0) is 71.4 Å². The smallest absolute Gasteiger partial charge is 0.343 e. The highest BCUT2D eigenvalue weighted by molar-refractivity contribution is 8.18. The molecular formula is C25H15Cl2NO6S. The van der Waals surface area contributed by atoms with Crippen LogP contribution in [0.25, 0.3) is 6.08 Å². The quantitative estimate of drug-likeness (QED) is 0.222. The van der Waals surface area contributed by atoms with Gasteiger partial charge in [0.25, 0.3) is 11.1 Å². The molecule has 5 rings (SSSR count). The monoisotopic (exact) mass is 527 g/mol. The summed E-state index contributed by atoms with van der Waals surface area (Å²) in [5, 5.41) is 0.464. The van der Waals surface area contributed by atoms with Gasteiger partial charge in [-0.15, -0.1) is 0 Å². The molecule has 0 aromatic heterocycles. The SMILES string of the molecule is O=C(Oc1cccc(/C=C2\SC(=O)N(Cc3cc4c(cc3Cl)OCO4)C2=O)c1)c1ccc(Cl)cc1. The Kier molecular flexibility index (Phi) is 6.42. The average Bonchev–Trinajstić information content (AvgIpc) is 3.39. The Balaban J connectivity index is 1.31. The van der Waals surface area contributed by atoms with E-state index in [-0.39, 0.29) is 18.2 Å². The molecule has 0 N–H and O–H groups in total. The van der Waals surface area contributed by atoms with Crippen molar-refractivity contribution in [3.05, 3.63) is 92.3 Å². The molecule has 3 aromatic rings. The highest BCUT2D eigenvalue weighted by atomic mass is 35.5. The third kappa shape index (κ3) is 5.00. The van der Waals surface area contributed by atoms with Crippen molar-refractivity contribution in [3.8, 4) is 17.2 Å². The van der Waals surface area contributed by atoms with Crippen molar-refractivity contribution in [1.29, 1.82) is 0 Å². The van der Waals surface area contributed by atoms with Crippen LogP contribution in [0.4, 0.5) is 4.79 Å². The number of rotatable bonds is 5. The molecule has 0 saturated carbocycles. The van der Waals surface area contributed by atoms with Crippen LogP contribution in [0.1, 0.15) is 21.5 Å². The summed E-state index contributed by atoms with van der Waals surface area (Å²) in [6, 6.07) is 16.3. The first-order chi connectivity index (χ1) is 16.9. The molecule has 0 bridgehead atoms. The number of ether oxygens (including phenoxy) is 3. The van der Waals surface area contributed by atoms with Crippen LogP contribution in [0.5, 0.6) is 17.2 Å². The second-order valence-corrected chi connectivity index (χ2v) is 9.37. The summed E-state index contributed by atoms with van der Waals surface area (Å²) in [6.07, 6.45) is 1.58. The second-order valence-electron chi connectivity index (χ2n) is 7.53. The standard InChI is InChI=1S/C25H15Cl2NO6S/c26-17-6-4-15(5-7-17)24(30)34-18-3-1-2-14(8-18)9-22-23(29)28(25(31)35-22)12-16-10-20-21(11-19(16)27)33-13-32-20/h1-11H,12-13H2/b22-9-. The van der Waals surface area contributed by atoms with E-state index in [2.05, 4.69) is 0 Å².